The molecule has 7 nitrogen and oxygen atoms in total. The summed E-state index contributed by atoms with van der Waals surface area (Å²) in [5.41, 5.74) is 0.581. The van der Waals surface area contributed by atoms with Gasteiger partial charge in [0, 0.05) is 18.0 Å². The van der Waals surface area contributed by atoms with Crippen LogP contribution in [0.25, 0.3) is 11.0 Å². The van der Waals surface area contributed by atoms with Crippen molar-refractivity contribution in [3.8, 4) is 17.2 Å². The van der Waals surface area contributed by atoms with Crippen molar-refractivity contribution in [1.82, 2.24) is 5.32 Å². The van der Waals surface area contributed by atoms with Crippen LogP contribution in [0, 0.1) is 12.8 Å². The Morgan fingerprint density at radius 2 is 1.85 bits per heavy atom. The highest BCUT2D eigenvalue weighted by atomic mass is 16.5. The van der Waals surface area contributed by atoms with Crippen LogP contribution < -0.4 is 25.2 Å². The Labute approximate surface area is 152 Å². The van der Waals surface area contributed by atoms with Crippen molar-refractivity contribution in [3.05, 3.63) is 28.1 Å². The van der Waals surface area contributed by atoms with Crippen molar-refractivity contribution in [1.29, 1.82) is 0 Å². The van der Waals surface area contributed by atoms with Crippen molar-refractivity contribution in [2.24, 2.45) is 5.92 Å². The summed E-state index contributed by atoms with van der Waals surface area (Å²) in [4.78, 5) is 11.7. The molecule has 2 N–H and O–H groups in total. The first-order valence-electron chi connectivity index (χ1n) is 8.58. The molecule has 0 saturated carbocycles. The number of nitrogens with one attached hydrogen (secondary N) is 1. The van der Waals surface area contributed by atoms with Crippen molar-refractivity contribution >= 4 is 11.0 Å². The molecule has 1 heterocycles. The Bertz CT molecular complexity index is 799. The summed E-state index contributed by atoms with van der Waals surface area (Å²) in [6.45, 7) is 7.35. The molecule has 2 aromatic rings. The Balaban J connectivity index is 2.28. The molecule has 0 aliphatic heterocycles. The van der Waals surface area contributed by atoms with Crippen LogP contribution in [0.4, 0.5) is 0 Å². The first-order chi connectivity index (χ1) is 12.4. The Morgan fingerprint density at radius 1 is 1.15 bits per heavy atom. The average Bonchev–Trinajstić information content (AvgIpc) is 2.58. The number of aliphatic hydroxyl groups excluding tert-OH is 1. The predicted molar refractivity (Wildman–Crippen MR) is 99.5 cm³/mol. The topological polar surface area (TPSA) is 90.2 Å². The molecule has 1 aromatic carbocycles. The highest BCUT2D eigenvalue weighted by molar-refractivity contribution is 5.90. The Kier molecular flexibility index (Phi) is 6.88. The van der Waals surface area contributed by atoms with Crippen molar-refractivity contribution in [2.45, 2.75) is 26.9 Å². The Hall–Kier alpha value is -2.25. The van der Waals surface area contributed by atoms with Crippen LogP contribution in [-0.4, -0.2) is 45.1 Å². The van der Waals surface area contributed by atoms with Crippen LogP contribution in [0.1, 0.15) is 19.4 Å². The van der Waals surface area contributed by atoms with E-state index in [0.29, 0.717) is 34.9 Å². The molecule has 0 aliphatic carbocycles. The standard InChI is InChI=1S/C19H27NO6/c1-11(2)8-20-9-13(21)10-25-15-7-14-12(3)6-16(22)26-17(14)19(24-5)18(15)23-4/h6-7,11,13,20-21H,8-10H2,1-5H3/t13-/m0/s1. The Morgan fingerprint density at radius 3 is 2.46 bits per heavy atom. The van der Waals surface area contributed by atoms with Crippen LogP contribution in [0.3, 0.4) is 0 Å². The zero-order chi connectivity index (χ0) is 19.3. The van der Waals surface area contributed by atoms with Crippen molar-refractivity contribution < 1.29 is 23.7 Å². The molecule has 0 amide bonds. The molecule has 0 bridgehead atoms. The number of aryl methyl sites for hydroxylation is 1. The van der Waals surface area contributed by atoms with Gasteiger partial charge in [-0.3, -0.25) is 0 Å². The van der Waals surface area contributed by atoms with Gasteiger partial charge >= 0.3 is 5.63 Å². The summed E-state index contributed by atoms with van der Waals surface area (Å²) in [7, 11) is 2.94. The molecular formula is C19H27NO6. The van der Waals surface area contributed by atoms with Gasteiger partial charge in [-0.1, -0.05) is 13.8 Å². The molecule has 1 aromatic heterocycles. The molecule has 0 radical (unpaired) electrons. The van der Waals surface area contributed by atoms with E-state index in [9.17, 15) is 9.90 Å². The van der Waals surface area contributed by atoms with E-state index in [2.05, 4.69) is 19.2 Å². The monoisotopic (exact) mass is 365 g/mol. The van der Waals surface area contributed by atoms with E-state index < -0.39 is 11.7 Å². The fourth-order valence-corrected chi connectivity index (χ4v) is 2.65. The molecule has 26 heavy (non-hydrogen) atoms. The molecular weight excluding hydrogens is 338 g/mol. The third kappa shape index (κ3) is 4.68. The second kappa shape index (κ2) is 8.91. The minimum atomic E-state index is -0.671. The maximum Gasteiger partial charge on any atom is 0.336 e. The van der Waals surface area contributed by atoms with Crippen molar-refractivity contribution in [2.75, 3.05) is 33.9 Å². The van der Waals surface area contributed by atoms with E-state index >= 15 is 0 Å². The van der Waals surface area contributed by atoms with Gasteiger partial charge in [-0.15, -0.1) is 0 Å². The lowest BCUT2D eigenvalue weighted by atomic mass is 10.1. The second-order valence-electron chi connectivity index (χ2n) is 6.58. The van der Waals surface area contributed by atoms with Crippen LogP contribution in [-0.2, 0) is 0 Å². The van der Waals surface area contributed by atoms with E-state index in [1.54, 1.807) is 13.0 Å². The number of aliphatic hydroxyl groups is 1. The highest BCUT2D eigenvalue weighted by Gasteiger charge is 2.20. The van der Waals surface area contributed by atoms with E-state index in [4.69, 9.17) is 18.6 Å². The predicted octanol–water partition coefficient (Wildman–Crippen LogP) is 2.10. The lowest BCUT2D eigenvalue weighted by molar-refractivity contribution is 0.104. The molecule has 0 unspecified atom stereocenters. The first-order valence-corrected chi connectivity index (χ1v) is 8.58. The molecule has 2 rings (SSSR count). The third-order valence-electron chi connectivity index (χ3n) is 3.89. The molecule has 7 heteroatoms. The molecule has 0 saturated heterocycles. The van der Waals surface area contributed by atoms with Gasteiger partial charge in [-0.25, -0.2) is 4.79 Å². The zero-order valence-electron chi connectivity index (χ0n) is 15.9. The van der Waals surface area contributed by atoms with Crippen LogP contribution in [0.15, 0.2) is 21.3 Å². The smallest absolute Gasteiger partial charge is 0.336 e. The number of benzene rings is 1. The minimum absolute atomic E-state index is 0.0892. The molecule has 0 aliphatic rings. The zero-order valence-corrected chi connectivity index (χ0v) is 15.9. The van der Waals surface area contributed by atoms with Crippen LogP contribution >= 0.6 is 0 Å². The number of rotatable bonds is 9. The lowest BCUT2D eigenvalue weighted by Gasteiger charge is -2.18. The largest absolute Gasteiger partial charge is 0.490 e. The second-order valence-corrected chi connectivity index (χ2v) is 6.58. The summed E-state index contributed by atoms with van der Waals surface area (Å²) >= 11 is 0. The van der Waals surface area contributed by atoms with Gasteiger partial charge in [-0.2, -0.15) is 0 Å². The quantitative estimate of drug-likeness (QED) is 0.658. The third-order valence-corrected chi connectivity index (χ3v) is 3.89. The van der Waals surface area contributed by atoms with Crippen LogP contribution in [0.2, 0.25) is 0 Å². The highest BCUT2D eigenvalue weighted by Crippen LogP contribution is 2.43. The maximum atomic E-state index is 11.7. The first kappa shape index (κ1) is 20.1. The summed E-state index contributed by atoms with van der Waals surface area (Å²) in [5, 5.41) is 14.0. The fraction of sp³-hybridized carbons (Fsp3) is 0.526. The average molecular weight is 365 g/mol. The molecule has 0 spiro atoms. The van der Waals surface area contributed by atoms with E-state index in [-0.39, 0.29) is 12.4 Å². The number of ether oxygens (including phenoxy) is 3. The number of fused-ring (bicyclic) bond motifs is 1. The summed E-state index contributed by atoms with van der Waals surface area (Å²) < 4.78 is 21.8. The van der Waals surface area contributed by atoms with Gasteiger partial charge in [0.25, 0.3) is 0 Å². The number of hydrogen-bond donors (Lipinski definition) is 2. The SMILES string of the molecule is COc1c(OC[C@@H](O)CNCC(C)C)cc2c(C)cc(=O)oc2c1OC. The van der Waals surface area contributed by atoms with E-state index in [1.165, 1.54) is 20.3 Å². The fourth-order valence-electron chi connectivity index (χ4n) is 2.65. The summed E-state index contributed by atoms with van der Waals surface area (Å²) in [5.74, 6) is 1.52. The van der Waals surface area contributed by atoms with Crippen LogP contribution in [0.5, 0.6) is 17.2 Å². The van der Waals surface area contributed by atoms with Gasteiger partial charge in [-0.05, 0) is 31.0 Å². The lowest BCUT2D eigenvalue weighted by Crippen LogP contribution is -2.33. The van der Waals surface area contributed by atoms with Gasteiger partial charge in [0.05, 0.1) is 14.2 Å². The van der Waals surface area contributed by atoms with E-state index in [1.807, 2.05) is 0 Å². The maximum absolute atomic E-state index is 11.7. The normalized spacial score (nSPS) is 12.4. The van der Waals surface area contributed by atoms with Crippen molar-refractivity contribution in [3.63, 3.8) is 0 Å². The minimum Gasteiger partial charge on any atom is -0.490 e. The van der Waals surface area contributed by atoms with Gasteiger partial charge < -0.3 is 29.1 Å². The molecule has 144 valence electrons. The van der Waals surface area contributed by atoms with E-state index in [0.717, 1.165) is 12.1 Å². The van der Waals surface area contributed by atoms with Gasteiger partial charge in [0.15, 0.2) is 11.3 Å². The summed E-state index contributed by atoms with van der Waals surface area (Å²) in [6.07, 6.45) is -0.671. The molecule has 1 atom stereocenters. The number of hydrogen-bond acceptors (Lipinski definition) is 7. The van der Waals surface area contributed by atoms with Gasteiger partial charge in [0.1, 0.15) is 12.7 Å². The van der Waals surface area contributed by atoms with Gasteiger partial charge in [0.2, 0.25) is 11.5 Å². The number of methoxy groups -OCH3 is 2. The molecule has 0 fully saturated rings. The summed E-state index contributed by atoms with van der Waals surface area (Å²) in [6, 6.07) is 3.13.